The summed E-state index contributed by atoms with van der Waals surface area (Å²) >= 11 is 0. The van der Waals surface area contributed by atoms with Crippen molar-refractivity contribution in [1.29, 1.82) is 0 Å². The van der Waals surface area contributed by atoms with Gasteiger partial charge in [0.25, 0.3) is 0 Å². The van der Waals surface area contributed by atoms with Gasteiger partial charge in [-0.2, -0.15) is 5.10 Å². The van der Waals surface area contributed by atoms with Crippen LogP contribution in [0.2, 0.25) is 0 Å². The van der Waals surface area contributed by atoms with E-state index in [0.717, 1.165) is 5.69 Å². The number of carbonyl (C=O) groups excluding carboxylic acids is 1. The van der Waals surface area contributed by atoms with E-state index in [4.69, 9.17) is 5.11 Å². The molecule has 2 aromatic heterocycles. The van der Waals surface area contributed by atoms with Crippen LogP contribution < -0.4 is 10.6 Å². The lowest BCUT2D eigenvalue weighted by atomic mass is 10.3. The first kappa shape index (κ1) is 14.5. The number of pyridine rings is 1. The molecule has 0 aromatic carbocycles. The SMILES string of the molecule is Cn1nccc1CCNC(=O)Nc1cccnc1C(=O)O. The van der Waals surface area contributed by atoms with Crippen molar-refractivity contribution in [2.24, 2.45) is 7.05 Å². The summed E-state index contributed by atoms with van der Waals surface area (Å²) in [5.74, 6) is -1.19. The lowest BCUT2D eigenvalue weighted by molar-refractivity contribution is 0.0691. The fourth-order valence-corrected chi connectivity index (χ4v) is 1.79. The Balaban J connectivity index is 1.88. The molecule has 0 bridgehead atoms. The zero-order chi connectivity index (χ0) is 15.2. The summed E-state index contributed by atoms with van der Waals surface area (Å²) in [6, 6.07) is 4.42. The molecule has 3 N–H and O–H groups in total. The smallest absolute Gasteiger partial charge is 0.356 e. The highest BCUT2D eigenvalue weighted by molar-refractivity contribution is 5.98. The molecule has 0 aliphatic rings. The first-order valence-electron chi connectivity index (χ1n) is 6.28. The maximum absolute atomic E-state index is 11.7. The highest BCUT2D eigenvalue weighted by Crippen LogP contribution is 2.11. The molecule has 2 rings (SSSR count). The number of carboxylic acid groups (broad SMARTS) is 1. The Morgan fingerprint density at radius 3 is 2.81 bits per heavy atom. The van der Waals surface area contributed by atoms with Crippen molar-refractivity contribution >= 4 is 17.7 Å². The minimum absolute atomic E-state index is 0.156. The van der Waals surface area contributed by atoms with Crippen LogP contribution in [0.5, 0.6) is 0 Å². The standard InChI is InChI=1S/C13H15N5O3/c1-18-9(5-8-16-18)4-7-15-13(21)17-10-3-2-6-14-11(10)12(19)20/h2-3,5-6,8H,4,7H2,1H3,(H,19,20)(H2,15,17,21). The van der Waals surface area contributed by atoms with E-state index in [1.165, 1.54) is 12.3 Å². The molecule has 0 atom stereocenters. The summed E-state index contributed by atoms with van der Waals surface area (Å²) < 4.78 is 1.73. The van der Waals surface area contributed by atoms with Gasteiger partial charge >= 0.3 is 12.0 Å². The van der Waals surface area contributed by atoms with Crippen molar-refractivity contribution < 1.29 is 14.7 Å². The summed E-state index contributed by atoms with van der Waals surface area (Å²) in [4.78, 5) is 26.4. The Labute approximate surface area is 120 Å². The molecule has 21 heavy (non-hydrogen) atoms. The maximum atomic E-state index is 11.7. The third-order valence-corrected chi connectivity index (χ3v) is 2.85. The van der Waals surface area contributed by atoms with Crippen LogP contribution in [0.4, 0.5) is 10.5 Å². The van der Waals surface area contributed by atoms with Crippen LogP contribution in [-0.4, -0.2) is 38.4 Å². The van der Waals surface area contributed by atoms with Crippen LogP contribution in [0, 0.1) is 0 Å². The highest BCUT2D eigenvalue weighted by atomic mass is 16.4. The Morgan fingerprint density at radius 1 is 1.33 bits per heavy atom. The molecule has 8 nitrogen and oxygen atoms in total. The first-order valence-corrected chi connectivity index (χ1v) is 6.28. The van der Waals surface area contributed by atoms with Gasteiger partial charge in [0.1, 0.15) is 0 Å². The van der Waals surface area contributed by atoms with Gasteiger partial charge < -0.3 is 15.7 Å². The monoisotopic (exact) mass is 289 g/mol. The molecule has 110 valence electrons. The number of hydrogen-bond acceptors (Lipinski definition) is 4. The Kier molecular flexibility index (Phi) is 4.50. The second kappa shape index (κ2) is 6.51. The summed E-state index contributed by atoms with van der Waals surface area (Å²) in [6.45, 7) is 0.411. The van der Waals surface area contributed by atoms with Gasteiger partial charge in [-0.15, -0.1) is 0 Å². The molecular formula is C13H15N5O3. The van der Waals surface area contributed by atoms with Crippen molar-refractivity contribution in [2.45, 2.75) is 6.42 Å². The number of carbonyl (C=O) groups is 2. The van der Waals surface area contributed by atoms with Gasteiger partial charge in [-0.3, -0.25) is 4.68 Å². The highest BCUT2D eigenvalue weighted by Gasteiger charge is 2.13. The van der Waals surface area contributed by atoms with Gasteiger partial charge in [0.2, 0.25) is 0 Å². The molecule has 0 fully saturated rings. The van der Waals surface area contributed by atoms with Crippen molar-refractivity contribution in [3.8, 4) is 0 Å². The van der Waals surface area contributed by atoms with E-state index < -0.39 is 12.0 Å². The van der Waals surface area contributed by atoms with Crippen molar-refractivity contribution in [1.82, 2.24) is 20.1 Å². The second-order valence-corrected chi connectivity index (χ2v) is 4.28. The second-order valence-electron chi connectivity index (χ2n) is 4.28. The fraction of sp³-hybridized carbons (Fsp3) is 0.231. The first-order chi connectivity index (χ1) is 10.1. The zero-order valence-corrected chi connectivity index (χ0v) is 11.4. The average Bonchev–Trinajstić information content (AvgIpc) is 2.85. The van der Waals surface area contributed by atoms with Gasteiger partial charge in [-0.1, -0.05) is 0 Å². The Bertz CT molecular complexity index is 653. The van der Waals surface area contributed by atoms with E-state index in [2.05, 4.69) is 20.7 Å². The maximum Gasteiger partial charge on any atom is 0.356 e. The average molecular weight is 289 g/mol. The van der Waals surface area contributed by atoms with E-state index in [1.54, 1.807) is 16.9 Å². The molecule has 0 unspecified atom stereocenters. The number of nitrogens with one attached hydrogen (secondary N) is 2. The quantitative estimate of drug-likeness (QED) is 0.757. The minimum atomic E-state index is -1.19. The number of urea groups is 1. The fourth-order valence-electron chi connectivity index (χ4n) is 1.79. The summed E-state index contributed by atoms with van der Waals surface area (Å²) in [5.41, 5.74) is 0.949. The van der Waals surface area contributed by atoms with E-state index in [9.17, 15) is 9.59 Å². The van der Waals surface area contributed by atoms with E-state index >= 15 is 0 Å². The predicted octanol–water partition coefficient (Wildman–Crippen LogP) is 0.877. The van der Waals surface area contributed by atoms with Gasteiger partial charge in [-0.25, -0.2) is 14.6 Å². The third-order valence-electron chi connectivity index (χ3n) is 2.85. The number of amides is 2. The lowest BCUT2D eigenvalue weighted by Gasteiger charge is -2.09. The summed E-state index contributed by atoms with van der Waals surface area (Å²) in [5, 5.41) is 18.1. The van der Waals surface area contributed by atoms with Crippen molar-refractivity contribution in [3.05, 3.63) is 42.0 Å². The lowest BCUT2D eigenvalue weighted by Crippen LogP contribution is -2.31. The van der Waals surface area contributed by atoms with Gasteiger partial charge in [-0.05, 0) is 18.2 Å². The number of nitrogens with zero attached hydrogens (tertiary/aromatic N) is 3. The molecule has 8 heteroatoms. The molecular weight excluding hydrogens is 274 g/mol. The van der Waals surface area contributed by atoms with E-state index in [-0.39, 0.29) is 11.4 Å². The van der Waals surface area contributed by atoms with Crippen LogP contribution in [0.3, 0.4) is 0 Å². The Morgan fingerprint density at radius 2 is 2.14 bits per heavy atom. The van der Waals surface area contributed by atoms with Crippen LogP contribution in [-0.2, 0) is 13.5 Å². The third kappa shape index (κ3) is 3.78. The molecule has 0 aliphatic carbocycles. The largest absolute Gasteiger partial charge is 0.476 e. The Hall–Kier alpha value is -2.90. The zero-order valence-electron chi connectivity index (χ0n) is 11.4. The van der Waals surface area contributed by atoms with E-state index in [1.807, 2.05) is 13.1 Å². The number of hydrogen-bond donors (Lipinski definition) is 3. The molecule has 2 aromatic rings. The van der Waals surface area contributed by atoms with Crippen molar-refractivity contribution in [3.63, 3.8) is 0 Å². The number of aryl methyl sites for hydroxylation is 1. The van der Waals surface area contributed by atoms with Crippen LogP contribution in [0.1, 0.15) is 16.2 Å². The summed E-state index contributed by atoms with van der Waals surface area (Å²) in [7, 11) is 1.82. The number of rotatable bonds is 5. The molecule has 0 radical (unpaired) electrons. The summed E-state index contributed by atoms with van der Waals surface area (Å²) in [6.07, 6.45) is 3.67. The number of anilines is 1. The van der Waals surface area contributed by atoms with Crippen molar-refractivity contribution in [2.75, 3.05) is 11.9 Å². The molecule has 2 amide bonds. The van der Waals surface area contributed by atoms with Crippen LogP contribution >= 0.6 is 0 Å². The normalized spacial score (nSPS) is 10.1. The topological polar surface area (TPSA) is 109 Å². The molecule has 0 saturated carbocycles. The number of carboxylic acids is 1. The van der Waals surface area contributed by atoms with Crippen LogP contribution in [0.25, 0.3) is 0 Å². The van der Waals surface area contributed by atoms with Crippen LogP contribution in [0.15, 0.2) is 30.6 Å². The minimum Gasteiger partial charge on any atom is -0.476 e. The van der Waals surface area contributed by atoms with E-state index in [0.29, 0.717) is 13.0 Å². The van der Waals surface area contributed by atoms with Gasteiger partial charge in [0.15, 0.2) is 5.69 Å². The number of aromatic nitrogens is 3. The molecule has 0 spiro atoms. The number of aromatic carboxylic acids is 1. The molecule has 0 aliphatic heterocycles. The predicted molar refractivity (Wildman–Crippen MR) is 75.1 cm³/mol. The van der Waals surface area contributed by atoms with Gasteiger partial charge in [0.05, 0.1) is 5.69 Å². The van der Waals surface area contributed by atoms with Gasteiger partial charge in [0, 0.05) is 38.1 Å². The molecule has 2 heterocycles. The molecule has 0 saturated heterocycles.